The molecule has 1 amide bonds. The first-order chi connectivity index (χ1) is 11.5. The minimum atomic E-state index is -0.233. The van der Waals surface area contributed by atoms with Crippen molar-refractivity contribution in [1.29, 1.82) is 0 Å². The number of benzene rings is 1. The number of nitrogens with one attached hydrogen (secondary N) is 1. The molecule has 1 aliphatic heterocycles. The van der Waals surface area contributed by atoms with Crippen LogP contribution in [0, 0.1) is 19.7 Å². The summed E-state index contributed by atoms with van der Waals surface area (Å²) in [5.74, 6) is -0.268. The summed E-state index contributed by atoms with van der Waals surface area (Å²) in [6.45, 7) is 5.68. The summed E-state index contributed by atoms with van der Waals surface area (Å²) in [6, 6.07) is 8.64. The maximum Gasteiger partial charge on any atom is 0.242 e. The number of halogens is 1. The summed E-state index contributed by atoms with van der Waals surface area (Å²) < 4.78 is 15.1. The van der Waals surface area contributed by atoms with E-state index in [0.29, 0.717) is 6.54 Å². The second-order valence-corrected chi connectivity index (χ2v) is 6.42. The lowest BCUT2D eigenvalue weighted by Gasteiger charge is -2.34. The van der Waals surface area contributed by atoms with Crippen molar-refractivity contribution in [1.82, 2.24) is 15.1 Å². The molecule has 1 unspecified atom stereocenters. The lowest BCUT2D eigenvalue weighted by Crippen LogP contribution is -2.48. The molecule has 24 heavy (non-hydrogen) atoms. The van der Waals surface area contributed by atoms with E-state index in [1.807, 2.05) is 26.0 Å². The molecule has 5 nitrogen and oxygen atoms in total. The van der Waals surface area contributed by atoms with Gasteiger partial charge in [0.1, 0.15) is 12.4 Å². The Hall–Kier alpha value is -2.37. The second kappa shape index (κ2) is 7.03. The number of carbonyl (C=O) groups excluding carboxylic acids is 1. The van der Waals surface area contributed by atoms with Gasteiger partial charge in [-0.05, 0) is 51.0 Å². The van der Waals surface area contributed by atoms with Gasteiger partial charge in [-0.15, -0.1) is 0 Å². The van der Waals surface area contributed by atoms with Crippen LogP contribution in [0.1, 0.15) is 24.2 Å². The van der Waals surface area contributed by atoms with Gasteiger partial charge in [0, 0.05) is 30.5 Å². The minimum absolute atomic E-state index is 0.0349. The van der Waals surface area contributed by atoms with Crippen LogP contribution in [-0.2, 0) is 11.3 Å². The maximum absolute atomic E-state index is 13.4. The monoisotopic (exact) mass is 330 g/mol. The first-order valence-electron chi connectivity index (χ1n) is 8.32. The third-order valence-corrected chi connectivity index (χ3v) is 4.36. The number of aromatic nitrogens is 2. The molecule has 0 radical (unpaired) electrons. The molecule has 1 aromatic carbocycles. The molecular formula is C18H23FN4O. The van der Waals surface area contributed by atoms with E-state index in [2.05, 4.69) is 15.3 Å². The van der Waals surface area contributed by atoms with Gasteiger partial charge in [0.25, 0.3) is 0 Å². The first-order valence-corrected chi connectivity index (χ1v) is 8.32. The van der Waals surface area contributed by atoms with Crippen LogP contribution in [0.3, 0.4) is 0 Å². The van der Waals surface area contributed by atoms with E-state index in [9.17, 15) is 9.18 Å². The largest absolute Gasteiger partial charge is 0.369 e. The fraction of sp³-hybridized carbons (Fsp3) is 0.444. The van der Waals surface area contributed by atoms with Crippen molar-refractivity contribution in [3.8, 4) is 0 Å². The van der Waals surface area contributed by atoms with Crippen molar-refractivity contribution in [2.45, 2.75) is 39.3 Å². The van der Waals surface area contributed by atoms with Gasteiger partial charge in [0.15, 0.2) is 0 Å². The molecule has 1 aromatic heterocycles. The molecule has 1 atom stereocenters. The van der Waals surface area contributed by atoms with Gasteiger partial charge in [-0.25, -0.2) is 4.39 Å². The summed E-state index contributed by atoms with van der Waals surface area (Å²) in [7, 11) is 0. The number of hydrogen-bond donors (Lipinski definition) is 1. The average molecular weight is 330 g/mol. The predicted molar refractivity (Wildman–Crippen MR) is 91.5 cm³/mol. The Morgan fingerprint density at radius 1 is 1.38 bits per heavy atom. The van der Waals surface area contributed by atoms with Gasteiger partial charge in [0.2, 0.25) is 5.91 Å². The van der Waals surface area contributed by atoms with E-state index in [4.69, 9.17) is 0 Å². The van der Waals surface area contributed by atoms with E-state index in [0.717, 1.165) is 36.5 Å². The smallest absolute Gasteiger partial charge is 0.242 e. The molecule has 128 valence electrons. The van der Waals surface area contributed by atoms with Crippen molar-refractivity contribution in [3.63, 3.8) is 0 Å². The molecule has 6 heteroatoms. The number of carbonyl (C=O) groups is 1. The Bertz CT molecular complexity index is 728. The van der Waals surface area contributed by atoms with E-state index in [1.54, 1.807) is 16.8 Å². The third-order valence-electron chi connectivity index (χ3n) is 4.36. The SMILES string of the molecule is Cc1cc(C)n(CC(=O)NC2CCCN(c3cccc(F)c3)C2)n1. The number of rotatable bonds is 4. The van der Waals surface area contributed by atoms with Gasteiger partial charge in [-0.1, -0.05) is 6.07 Å². The van der Waals surface area contributed by atoms with Crippen LogP contribution in [0.25, 0.3) is 0 Å². The Labute approximate surface area is 141 Å². The molecule has 1 saturated heterocycles. The zero-order valence-electron chi connectivity index (χ0n) is 14.1. The Kier molecular flexibility index (Phi) is 4.83. The second-order valence-electron chi connectivity index (χ2n) is 6.42. The van der Waals surface area contributed by atoms with Crippen molar-refractivity contribution in [2.24, 2.45) is 0 Å². The molecule has 1 fully saturated rings. The van der Waals surface area contributed by atoms with Gasteiger partial charge >= 0.3 is 0 Å². The van der Waals surface area contributed by atoms with Crippen LogP contribution in [0.2, 0.25) is 0 Å². The fourth-order valence-corrected chi connectivity index (χ4v) is 3.25. The van der Waals surface area contributed by atoms with Crippen molar-refractivity contribution in [2.75, 3.05) is 18.0 Å². The van der Waals surface area contributed by atoms with Crippen LogP contribution in [-0.4, -0.2) is 34.8 Å². The molecule has 1 aliphatic rings. The predicted octanol–water partition coefficient (Wildman–Crippen LogP) is 2.42. The number of aryl methyl sites for hydroxylation is 2. The van der Waals surface area contributed by atoms with Crippen LogP contribution < -0.4 is 10.2 Å². The van der Waals surface area contributed by atoms with Crippen molar-refractivity contribution >= 4 is 11.6 Å². The summed E-state index contributed by atoms with van der Waals surface area (Å²) >= 11 is 0. The van der Waals surface area contributed by atoms with Crippen molar-refractivity contribution < 1.29 is 9.18 Å². The maximum atomic E-state index is 13.4. The summed E-state index contributed by atoms with van der Waals surface area (Å²) in [6.07, 6.45) is 1.91. The normalized spacial score (nSPS) is 17.8. The molecule has 0 spiro atoms. The van der Waals surface area contributed by atoms with Crippen molar-refractivity contribution in [3.05, 3.63) is 47.5 Å². The lowest BCUT2D eigenvalue weighted by molar-refractivity contribution is -0.122. The summed E-state index contributed by atoms with van der Waals surface area (Å²) in [5.41, 5.74) is 2.76. The Morgan fingerprint density at radius 2 is 2.21 bits per heavy atom. The molecule has 3 rings (SSSR count). The first kappa shape index (κ1) is 16.5. The quantitative estimate of drug-likeness (QED) is 0.937. The zero-order chi connectivity index (χ0) is 17.1. The number of piperidine rings is 1. The lowest BCUT2D eigenvalue weighted by atomic mass is 10.0. The standard InChI is InChI=1S/C18H23FN4O/c1-13-9-14(2)23(21-13)12-18(24)20-16-6-4-8-22(11-16)17-7-3-5-15(19)10-17/h3,5,7,9-10,16H,4,6,8,11-12H2,1-2H3,(H,20,24). The number of anilines is 1. The Balaban J connectivity index is 1.59. The van der Waals surface area contributed by atoms with Crippen LogP contribution in [0.15, 0.2) is 30.3 Å². The van der Waals surface area contributed by atoms with Gasteiger partial charge in [-0.3, -0.25) is 9.48 Å². The summed E-state index contributed by atoms with van der Waals surface area (Å²) in [4.78, 5) is 14.4. The fourth-order valence-electron chi connectivity index (χ4n) is 3.25. The Morgan fingerprint density at radius 3 is 2.92 bits per heavy atom. The molecular weight excluding hydrogens is 307 g/mol. The van der Waals surface area contributed by atoms with Gasteiger partial charge < -0.3 is 10.2 Å². The van der Waals surface area contributed by atoms with Gasteiger partial charge in [0.05, 0.1) is 5.69 Å². The average Bonchev–Trinajstić information content (AvgIpc) is 2.85. The van der Waals surface area contributed by atoms with E-state index in [-0.39, 0.29) is 24.3 Å². The molecule has 0 aliphatic carbocycles. The molecule has 2 heterocycles. The van der Waals surface area contributed by atoms with Gasteiger partial charge in [-0.2, -0.15) is 5.10 Å². The number of nitrogens with zero attached hydrogens (tertiary/aromatic N) is 3. The highest BCUT2D eigenvalue weighted by atomic mass is 19.1. The highest BCUT2D eigenvalue weighted by Crippen LogP contribution is 2.20. The molecule has 2 aromatic rings. The topological polar surface area (TPSA) is 50.2 Å². The van der Waals surface area contributed by atoms with E-state index >= 15 is 0 Å². The van der Waals surface area contributed by atoms with Crippen LogP contribution >= 0.6 is 0 Å². The van der Waals surface area contributed by atoms with Crippen LogP contribution in [0.4, 0.5) is 10.1 Å². The van der Waals surface area contributed by atoms with E-state index < -0.39 is 0 Å². The highest BCUT2D eigenvalue weighted by Gasteiger charge is 2.22. The number of amides is 1. The summed E-state index contributed by atoms with van der Waals surface area (Å²) in [5, 5.41) is 7.40. The highest BCUT2D eigenvalue weighted by molar-refractivity contribution is 5.76. The zero-order valence-corrected chi connectivity index (χ0v) is 14.1. The molecule has 0 saturated carbocycles. The number of hydrogen-bond acceptors (Lipinski definition) is 3. The van der Waals surface area contributed by atoms with E-state index in [1.165, 1.54) is 6.07 Å². The molecule has 1 N–H and O–H groups in total. The van der Waals surface area contributed by atoms with Crippen LogP contribution in [0.5, 0.6) is 0 Å². The third kappa shape index (κ3) is 3.93. The molecule has 0 bridgehead atoms. The minimum Gasteiger partial charge on any atom is -0.369 e.